The molecule has 1 aromatic carbocycles. The molecule has 0 amide bonds. The van der Waals surface area contributed by atoms with Crippen molar-refractivity contribution < 1.29 is 4.74 Å². The Balaban J connectivity index is 1.84. The summed E-state index contributed by atoms with van der Waals surface area (Å²) in [5.74, 6) is 1.06. The molecular weight excluding hydrogens is 224 g/mol. The highest BCUT2D eigenvalue weighted by Crippen LogP contribution is 2.56. The van der Waals surface area contributed by atoms with Crippen LogP contribution in [-0.4, -0.2) is 16.8 Å². The molecule has 0 unspecified atom stereocenters. The van der Waals surface area contributed by atoms with E-state index in [1.807, 2.05) is 12.1 Å². The first-order valence-corrected chi connectivity index (χ1v) is 6.43. The summed E-state index contributed by atoms with van der Waals surface area (Å²) in [6.07, 6.45) is 5.46. The minimum Gasteiger partial charge on any atom is -0.493 e. The molecule has 0 saturated heterocycles. The normalized spacial score (nSPS) is 19.1. The minimum atomic E-state index is 0.409. The van der Waals surface area contributed by atoms with E-state index >= 15 is 0 Å². The van der Waals surface area contributed by atoms with Gasteiger partial charge in [0, 0.05) is 22.7 Å². The van der Waals surface area contributed by atoms with E-state index < -0.39 is 0 Å². The van der Waals surface area contributed by atoms with E-state index in [9.17, 15) is 0 Å². The Morgan fingerprint density at radius 3 is 2.83 bits per heavy atom. The lowest BCUT2D eigenvalue weighted by atomic mass is 9.88. The molecule has 1 aliphatic heterocycles. The van der Waals surface area contributed by atoms with Crippen molar-refractivity contribution in [1.29, 1.82) is 0 Å². The van der Waals surface area contributed by atoms with Crippen LogP contribution in [0.1, 0.15) is 24.8 Å². The molecular formula is C15H14N2O. The van der Waals surface area contributed by atoms with Crippen LogP contribution in [0.5, 0.6) is 5.75 Å². The first kappa shape index (κ1) is 10.1. The summed E-state index contributed by atoms with van der Waals surface area (Å²) in [4.78, 5) is 0. The first-order chi connectivity index (χ1) is 8.87. The van der Waals surface area contributed by atoms with E-state index in [0.717, 1.165) is 30.0 Å². The predicted octanol–water partition coefficient (Wildman–Crippen LogP) is 2.96. The van der Waals surface area contributed by atoms with E-state index in [0.29, 0.717) is 5.41 Å². The van der Waals surface area contributed by atoms with Crippen LogP contribution in [0.15, 0.2) is 36.5 Å². The van der Waals surface area contributed by atoms with Crippen LogP contribution >= 0.6 is 0 Å². The van der Waals surface area contributed by atoms with Gasteiger partial charge in [-0.3, -0.25) is 0 Å². The van der Waals surface area contributed by atoms with Gasteiger partial charge in [-0.25, -0.2) is 0 Å². The van der Waals surface area contributed by atoms with Crippen LogP contribution in [0.3, 0.4) is 0 Å². The molecule has 1 aliphatic carbocycles. The molecule has 1 fully saturated rings. The molecule has 2 heterocycles. The number of fused-ring (bicyclic) bond motifs is 2. The van der Waals surface area contributed by atoms with Gasteiger partial charge < -0.3 is 4.74 Å². The monoisotopic (exact) mass is 238 g/mol. The fourth-order valence-corrected chi connectivity index (χ4v) is 2.85. The molecule has 4 rings (SSSR count). The Kier molecular flexibility index (Phi) is 1.98. The Morgan fingerprint density at radius 1 is 1.11 bits per heavy atom. The summed E-state index contributed by atoms with van der Waals surface area (Å²) in [5, 5.41) is 8.12. The highest BCUT2D eigenvalue weighted by Gasteiger charge is 2.47. The van der Waals surface area contributed by atoms with Crippen molar-refractivity contribution in [3.8, 4) is 17.0 Å². The van der Waals surface area contributed by atoms with Gasteiger partial charge in [-0.1, -0.05) is 0 Å². The lowest BCUT2D eigenvalue weighted by molar-refractivity contribution is 0.260. The molecule has 90 valence electrons. The van der Waals surface area contributed by atoms with Crippen LogP contribution in [-0.2, 0) is 5.41 Å². The van der Waals surface area contributed by atoms with Crippen molar-refractivity contribution >= 4 is 0 Å². The molecule has 1 spiro atoms. The number of nitrogens with zero attached hydrogens (tertiary/aromatic N) is 2. The van der Waals surface area contributed by atoms with Crippen molar-refractivity contribution in [1.82, 2.24) is 10.2 Å². The number of rotatable bonds is 1. The largest absolute Gasteiger partial charge is 0.493 e. The van der Waals surface area contributed by atoms with Crippen molar-refractivity contribution in [3.05, 3.63) is 42.1 Å². The second-order valence-corrected chi connectivity index (χ2v) is 5.20. The van der Waals surface area contributed by atoms with Crippen LogP contribution in [0, 0.1) is 0 Å². The topological polar surface area (TPSA) is 35.0 Å². The molecule has 18 heavy (non-hydrogen) atoms. The number of benzene rings is 1. The van der Waals surface area contributed by atoms with Gasteiger partial charge in [0.05, 0.1) is 12.3 Å². The second kappa shape index (κ2) is 3.55. The summed E-state index contributed by atoms with van der Waals surface area (Å²) >= 11 is 0. The average molecular weight is 238 g/mol. The van der Waals surface area contributed by atoms with Gasteiger partial charge in [-0.15, -0.1) is 0 Å². The van der Waals surface area contributed by atoms with Gasteiger partial charge in [0.15, 0.2) is 0 Å². The zero-order chi connectivity index (χ0) is 12.0. The van der Waals surface area contributed by atoms with Gasteiger partial charge in [0.1, 0.15) is 5.75 Å². The average Bonchev–Trinajstić information content (AvgIpc) is 3.21. The summed E-state index contributed by atoms with van der Waals surface area (Å²) < 4.78 is 5.75. The van der Waals surface area contributed by atoms with Crippen molar-refractivity contribution in [3.63, 3.8) is 0 Å². The van der Waals surface area contributed by atoms with E-state index in [1.54, 1.807) is 6.20 Å². The SMILES string of the molecule is c1cnnc(-c2ccc3c(c2)C2(CCO3)CC2)c1. The Morgan fingerprint density at radius 2 is 2.06 bits per heavy atom. The van der Waals surface area contributed by atoms with Gasteiger partial charge in [-0.2, -0.15) is 10.2 Å². The highest BCUT2D eigenvalue weighted by molar-refractivity contribution is 5.63. The number of ether oxygens (including phenoxy) is 1. The molecule has 1 saturated carbocycles. The number of hydrogen-bond donors (Lipinski definition) is 0. The molecule has 2 aliphatic rings. The Labute approximate surface area is 106 Å². The summed E-state index contributed by atoms with van der Waals surface area (Å²) in [6.45, 7) is 0.859. The molecule has 1 aromatic heterocycles. The lowest BCUT2D eigenvalue weighted by Crippen LogP contribution is -2.19. The van der Waals surface area contributed by atoms with Crippen molar-refractivity contribution in [2.24, 2.45) is 0 Å². The van der Waals surface area contributed by atoms with Crippen molar-refractivity contribution in [2.45, 2.75) is 24.7 Å². The molecule has 0 bridgehead atoms. The first-order valence-electron chi connectivity index (χ1n) is 6.43. The molecule has 0 radical (unpaired) electrons. The van der Waals surface area contributed by atoms with Gasteiger partial charge >= 0.3 is 0 Å². The smallest absolute Gasteiger partial charge is 0.123 e. The van der Waals surface area contributed by atoms with E-state index in [-0.39, 0.29) is 0 Å². The standard InChI is InChI=1S/C15H14N2O/c1-2-13(17-16-8-1)11-3-4-14-12(10-11)15(5-6-15)7-9-18-14/h1-4,8,10H,5-7,9H2. The van der Waals surface area contributed by atoms with Crippen LogP contribution in [0.25, 0.3) is 11.3 Å². The van der Waals surface area contributed by atoms with Crippen molar-refractivity contribution in [2.75, 3.05) is 6.61 Å². The van der Waals surface area contributed by atoms with Crippen LogP contribution in [0.2, 0.25) is 0 Å². The molecule has 2 aromatic rings. The molecule has 0 atom stereocenters. The lowest BCUT2D eigenvalue weighted by Gasteiger charge is -2.26. The third-order valence-corrected chi connectivity index (χ3v) is 4.11. The summed E-state index contributed by atoms with van der Waals surface area (Å²) in [7, 11) is 0. The second-order valence-electron chi connectivity index (χ2n) is 5.20. The maximum atomic E-state index is 5.75. The Bertz CT molecular complexity index is 591. The van der Waals surface area contributed by atoms with Gasteiger partial charge in [-0.05, 0) is 49.6 Å². The summed E-state index contributed by atoms with van der Waals surface area (Å²) in [6, 6.07) is 10.3. The maximum absolute atomic E-state index is 5.75. The highest BCUT2D eigenvalue weighted by atomic mass is 16.5. The Hall–Kier alpha value is -1.90. The third-order valence-electron chi connectivity index (χ3n) is 4.11. The van der Waals surface area contributed by atoms with Crippen LogP contribution < -0.4 is 4.74 Å². The fraction of sp³-hybridized carbons (Fsp3) is 0.333. The number of aromatic nitrogens is 2. The van der Waals surface area contributed by atoms with E-state index in [2.05, 4.69) is 28.4 Å². The maximum Gasteiger partial charge on any atom is 0.123 e. The zero-order valence-corrected chi connectivity index (χ0v) is 10.1. The summed E-state index contributed by atoms with van der Waals surface area (Å²) in [5.41, 5.74) is 3.85. The van der Waals surface area contributed by atoms with Gasteiger partial charge in [0.2, 0.25) is 0 Å². The molecule has 0 N–H and O–H groups in total. The molecule has 3 heteroatoms. The fourth-order valence-electron chi connectivity index (χ4n) is 2.85. The number of hydrogen-bond acceptors (Lipinski definition) is 3. The van der Waals surface area contributed by atoms with Crippen LogP contribution in [0.4, 0.5) is 0 Å². The third kappa shape index (κ3) is 1.43. The minimum absolute atomic E-state index is 0.409. The van der Waals surface area contributed by atoms with E-state index in [4.69, 9.17) is 4.74 Å². The predicted molar refractivity (Wildman–Crippen MR) is 68.5 cm³/mol. The van der Waals surface area contributed by atoms with Gasteiger partial charge in [0.25, 0.3) is 0 Å². The van der Waals surface area contributed by atoms with E-state index in [1.165, 1.54) is 18.4 Å². The molecule has 3 nitrogen and oxygen atoms in total. The quantitative estimate of drug-likeness (QED) is 0.766. The zero-order valence-electron chi connectivity index (χ0n) is 10.1.